The first kappa shape index (κ1) is 52.9. The van der Waals surface area contributed by atoms with Gasteiger partial charge in [-0.3, -0.25) is 0 Å². The number of carbonyl (C=O) groups is 1. The molecule has 4 rings (SSSR count). The molecule has 0 unspecified atom stereocenters. The van der Waals surface area contributed by atoms with Gasteiger partial charge in [-0.1, -0.05) is 37.6 Å². The second kappa shape index (κ2) is 18.9. The summed E-state index contributed by atoms with van der Waals surface area (Å²) in [5.74, 6) is -62.9. The maximum Gasteiger partial charge on any atom is 0.471 e. The number of benzene rings is 3. The van der Waals surface area contributed by atoms with E-state index in [4.69, 9.17) is 18.9 Å². The van der Waals surface area contributed by atoms with Crippen molar-refractivity contribution in [2.24, 2.45) is 5.41 Å². The molecular formula is C40H35F19O6. The van der Waals surface area contributed by atoms with E-state index in [1.807, 2.05) is 0 Å². The van der Waals surface area contributed by atoms with Crippen LogP contribution in [-0.4, -0.2) is 92.7 Å². The predicted molar refractivity (Wildman–Crippen MR) is 188 cm³/mol. The van der Waals surface area contributed by atoms with Crippen molar-refractivity contribution < 1.29 is 112 Å². The molecule has 0 saturated carbocycles. The van der Waals surface area contributed by atoms with Crippen LogP contribution in [0.15, 0.2) is 72.8 Å². The minimum Gasteiger partial charge on any atom is -0.494 e. The zero-order valence-electron chi connectivity index (χ0n) is 33.1. The molecule has 1 fully saturated rings. The van der Waals surface area contributed by atoms with Gasteiger partial charge in [0.1, 0.15) is 17.2 Å². The Hall–Kier alpha value is -4.68. The monoisotopic (exact) mass is 972 g/mol. The molecule has 0 aromatic heterocycles. The summed E-state index contributed by atoms with van der Waals surface area (Å²) in [6.07, 6.45) is -10.6. The second-order valence-corrected chi connectivity index (χ2v) is 14.8. The summed E-state index contributed by atoms with van der Waals surface area (Å²) >= 11 is 0. The number of halogens is 19. The molecule has 1 aliphatic rings. The van der Waals surface area contributed by atoms with E-state index in [-0.39, 0.29) is 40.0 Å². The highest BCUT2D eigenvalue weighted by molar-refractivity contribution is 5.91. The van der Waals surface area contributed by atoms with E-state index in [0.717, 1.165) is 57.5 Å². The van der Waals surface area contributed by atoms with E-state index >= 15 is 0 Å². The largest absolute Gasteiger partial charge is 0.494 e. The van der Waals surface area contributed by atoms with Crippen molar-refractivity contribution in [3.8, 4) is 28.4 Å². The van der Waals surface area contributed by atoms with Crippen molar-refractivity contribution in [3.63, 3.8) is 0 Å². The third kappa shape index (κ3) is 10.2. The predicted octanol–water partition coefficient (Wildman–Crippen LogP) is 12.9. The molecule has 1 saturated heterocycles. The Morgan fingerprint density at radius 3 is 1.37 bits per heavy atom. The molecule has 65 heavy (non-hydrogen) atoms. The molecule has 3 aromatic rings. The van der Waals surface area contributed by atoms with Gasteiger partial charge in [0.25, 0.3) is 0 Å². The third-order valence-corrected chi connectivity index (χ3v) is 10.1. The SMILES string of the molecule is CCC1(COCCCCCCOc2ccc(C(=O)Oc3ccc(-c4ccc(OC(F)(F)C(F)(F)C(F)(F)C(F)(F)C(F)(F)C(F)(F)C(F)(F)C(F)(F)C(F)(F)F)cc4)cc3)cc2)COC1. The minimum absolute atomic E-state index is 0.0368. The van der Waals surface area contributed by atoms with Crippen molar-refractivity contribution in [1.82, 2.24) is 0 Å². The highest BCUT2D eigenvalue weighted by Crippen LogP contribution is 2.65. The number of ether oxygens (including phenoxy) is 5. The van der Waals surface area contributed by atoms with E-state index in [9.17, 15) is 88.2 Å². The summed E-state index contributed by atoms with van der Waals surface area (Å²) in [6.45, 7) is 5.30. The highest BCUT2D eigenvalue weighted by Gasteiger charge is 2.97. The maximum absolute atomic E-state index is 14.4. The number of unbranched alkanes of at least 4 members (excludes halogenated alkanes) is 3. The zero-order valence-corrected chi connectivity index (χ0v) is 33.1. The lowest BCUT2D eigenvalue weighted by Gasteiger charge is -2.43. The fraction of sp³-hybridized carbons (Fsp3) is 0.525. The summed E-state index contributed by atoms with van der Waals surface area (Å²) < 4.78 is 284. The van der Waals surface area contributed by atoms with Gasteiger partial charge >= 0.3 is 59.7 Å². The fourth-order valence-electron chi connectivity index (χ4n) is 5.76. The molecule has 0 aliphatic carbocycles. The lowest BCUT2D eigenvalue weighted by molar-refractivity contribution is -0.476. The van der Waals surface area contributed by atoms with Crippen LogP contribution in [0.25, 0.3) is 11.1 Å². The van der Waals surface area contributed by atoms with Crippen molar-refractivity contribution >= 4 is 5.97 Å². The number of hydrogen-bond acceptors (Lipinski definition) is 6. The van der Waals surface area contributed by atoms with Crippen LogP contribution in [0.5, 0.6) is 17.2 Å². The highest BCUT2D eigenvalue weighted by atomic mass is 19.4. The Labute approximate surface area is 355 Å². The Morgan fingerprint density at radius 2 is 0.938 bits per heavy atom. The average molecular weight is 973 g/mol. The van der Waals surface area contributed by atoms with Crippen LogP contribution in [0, 0.1) is 5.41 Å². The summed E-state index contributed by atoms with van der Waals surface area (Å²) in [4.78, 5) is 12.7. The third-order valence-electron chi connectivity index (χ3n) is 10.1. The van der Waals surface area contributed by atoms with Gasteiger partial charge in [-0.2, -0.15) is 83.4 Å². The molecule has 3 aromatic carbocycles. The molecule has 0 spiro atoms. The quantitative estimate of drug-likeness (QED) is 0.0408. The summed E-state index contributed by atoms with van der Waals surface area (Å²) in [5, 5.41) is 0. The standard InChI is InChI=1S/C40H35F19O6/c1-2-31(22-62-23-31)21-61-19-5-3-4-6-20-63-27-13-11-26(12-14-27)30(60)64-28-15-7-24(8-16-28)25-9-17-29(18-10-25)65-40(58,59)38(53,54)36(49,50)34(45,46)32(41,42)33(43,44)35(47,48)37(51,52)39(55,56)57/h7-18H,2-6,19-23H2,1H3. The number of carbonyl (C=O) groups excluding carboxylic acids is 1. The second-order valence-electron chi connectivity index (χ2n) is 14.8. The molecular weight excluding hydrogens is 937 g/mol. The molecule has 25 heteroatoms. The van der Waals surface area contributed by atoms with Gasteiger partial charge in [0, 0.05) is 12.0 Å². The first-order valence-electron chi connectivity index (χ1n) is 18.8. The van der Waals surface area contributed by atoms with Crippen LogP contribution in [0.3, 0.4) is 0 Å². The molecule has 6 nitrogen and oxygen atoms in total. The van der Waals surface area contributed by atoms with Gasteiger partial charge in [-0.25, -0.2) is 4.79 Å². The molecule has 0 radical (unpaired) electrons. The lowest BCUT2D eigenvalue weighted by Crippen LogP contribution is -2.76. The van der Waals surface area contributed by atoms with Crippen molar-refractivity contribution in [1.29, 1.82) is 0 Å². The van der Waals surface area contributed by atoms with Gasteiger partial charge in [0.15, 0.2) is 0 Å². The van der Waals surface area contributed by atoms with Crippen LogP contribution < -0.4 is 14.2 Å². The summed E-state index contributed by atoms with van der Waals surface area (Å²) in [7, 11) is 0. The lowest BCUT2D eigenvalue weighted by atomic mass is 9.84. The molecule has 0 atom stereocenters. The fourth-order valence-corrected chi connectivity index (χ4v) is 5.76. The van der Waals surface area contributed by atoms with Crippen molar-refractivity contribution in [2.75, 3.05) is 33.0 Å². The minimum atomic E-state index is -9.03. The Bertz CT molecular complexity index is 2030. The first-order valence-corrected chi connectivity index (χ1v) is 18.8. The van der Waals surface area contributed by atoms with E-state index in [1.54, 1.807) is 0 Å². The van der Waals surface area contributed by atoms with Gasteiger partial charge in [-0.15, -0.1) is 0 Å². The summed E-state index contributed by atoms with van der Waals surface area (Å²) in [5.41, 5.74) is 0.341. The van der Waals surface area contributed by atoms with Crippen LogP contribution in [0.4, 0.5) is 83.4 Å². The maximum atomic E-state index is 14.4. The van der Waals surface area contributed by atoms with Crippen LogP contribution in [0.2, 0.25) is 0 Å². The molecule has 0 amide bonds. The van der Waals surface area contributed by atoms with Gasteiger partial charge in [-0.05, 0) is 85.3 Å². The van der Waals surface area contributed by atoms with E-state index in [0.29, 0.717) is 25.6 Å². The van der Waals surface area contributed by atoms with E-state index in [2.05, 4.69) is 11.7 Å². The normalized spacial score (nSPS) is 15.6. The molecule has 1 heterocycles. The Morgan fingerprint density at radius 1 is 0.523 bits per heavy atom. The average Bonchev–Trinajstić information content (AvgIpc) is 3.20. The van der Waals surface area contributed by atoms with Crippen LogP contribution >= 0.6 is 0 Å². The van der Waals surface area contributed by atoms with Crippen molar-refractivity contribution in [2.45, 2.75) is 92.8 Å². The Kier molecular flexibility index (Phi) is 15.4. The number of rotatable bonds is 23. The molecule has 1 aliphatic heterocycles. The summed E-state index contributed by atoms with van der Waals surface area (Å²) in [6, 6.07) is 12.8. The zero-order chi connectivity index (χ0) is 49.1. The van der Waals surface area contributed by atoms with Gasteiger partial charge < -0.3 is 23.7 Å². The van der Waals surface area contributed by atoms with Gasteiger partial charge in [0.05, 0.1) is 32.0 Å². The number of alkyl halides is 19. The van der Waals surface area contributed by atoms with Gasteiger partial charge in [0.2, 0.25) is 0 Å². The molecule has 364 valence electrons. The van der Waals surface area contributed by atoms with E-state index in [1.165, 1.54) is 48.5 Å². The topological polar surface area (TPSA) is 63.2 Å². The van der Waals surface area contributed by atoms with Crippen LogP contribution in [-0.2, 0) is 9.47 Å². The first-order chi connectivity index (χ1) is 29.8. The number of esters is 1. The van der Waals surface area contributed by atoms with Crippen molar-refractivity contribution in [3.05, 3.63) is 78.4 Å². The smallest absolute Gasteiger partial charge is 0.471 e. The molecule has 0 bridgehead atoms. The Balaban J connectivity index is 1.31. The number of hydrogen-bond donors (Lipinski definition) is 0. The van der Waals surface area contributed by atoms with Crippen LogP contribution in [0.1, 0.15) is 49.4 Å². The molecule has 0 N–H and O–H groups in total. The van der Waals surface area contributed by atoms with E-state index < -0.39 is 65.5 Å².